The molecule has 2 aromatic rings. The zero-order chi connectivity index (χ0) is 13.1. The largest absolute Gasteiger partial charge is 0.508 e. The smallest absolute Gasteiger partial charge is 0.259 e. The van der Waals surface area contributed by atoms with Gasteiger partial charge in [0.1, 0.15) is 5.75 Å². The number of hydrogen-bond donors (Lipinski definition) is 2. The predicted molar refractivity (Wildman–Crippen MR) is 68.6 cm³/mol. The Labute approximate surface area is 105 Å². The molecule has 0 spiro atoms. The fourth-order valence-corrected chi connectivity index (χ4v) is 1.77. The third kappa shape index (κ3) is 2.51. The van der Waals surface area contributed by atoms with Crippen LogP contribution in [0.15, 0.2) is 30.5 Å². The Hall–Kier alpha value is -2.30. The number of carbonyl (C=O) groups excluding carboxylic acids is 1. The lowest BCUT2D eigenvalue weighted by atomic mass is 10.2. The number of anilines is 1. The summed E-state index contributed by atoms with van der Waals surface area (Å²) in [6.07, 6.45) is 2.39. The van der Waals surface area contributed by atoms with Gasteiger partial charge in [-0.05, 0) is 18.6 Å². The van der Waals surface area contributed by atoms with E-state index in [2.05, 4.69) is 10.4 Å². The van der Waals surface area contributed by atoms with Crippen LogP contribution in [-0.2, 0) is 13.5 Å². The van der Waals surface area contributed by atoms with E-state index in [1.165, 1.54) is 6.07 Å². The van der Waals surface area contributed by atoms with Gasteiger partial charge in [0.2, 0.25) is 0 Å². The molecular formula is C13H15N3O2. The molecule has 0 unspecified atom stereocenters. The fourth-order valence-electron chi connectivity index (χ4n) is 1.77. The Morgan fingerprint density at radius 3 is 2.94 bits per heavy atom. The molecule has 0 bridgehead atoms. The number of phenolic OH excluding ortho intramolecular Hbond substituents is 1. The van der Waals surface area contributed by atoms with Gasteiger partial charge >= 0.3 is 0 Å². The third-order valence-corrected chi connectivity index (χ3v) is 2.59. The number of aryl methyl sites for hydroxylation is 2. The molecule has 1 amide bonds. The van der Waals surface area contributed by atoms with Crippen LogP contribution in [0.4, 0.5) is 5.69 Å². The summed E-state index contributed by atoms with van der Waals surface area (Å²) in [6.45, 7) is 1.95. The first-order valence-electron chi connectivity index (χ1n) is 5.73. The average Bonchev–Trinajstić information content (AvgIpc) is 2.70. The number of nitrogens with one attached hydrogen (secondary N) is 1. The van der Waals surface area contributed by atoms with E-state index < -0.39 is 0 Å². The maximum absolute atomic E-state index is 12.1. The Bertz CT molecular complexity index is 575. The zero-order valence-corrected chi connectivity index (χ0v) is 10.3. The van der Waals surface area contributed by atoms with E-state index >= 15 is 0 Å². The molecule has 1 heterocycles. The second kappa shape index (κ2) is 4.91. The molecule has 1 aromatic heterocycles. The van der Waals surface area contributed by atoms with E-state index in [0.717, 1.165) is 5.69 Å². The van der Waals surface area contributed by atoms with E-state index in [-0.39, 0.29) is 11.7 Å². The van der Waals surface area contributed by atoms with E-state index in [4.69, 9.17) is 0 Å². The molecule has 0 saturated carbocycles. The number of nitrogens with zero attached hydrogens (tertiary/aromatic N) is 2. The van der Waals surface area contributed by atoms with Gasteiger partial charge in [0, 0.05) is 25.0 Å². The van der Waals surface area contributed by atoms with Crippen LogP contribution in [0.25, 0.3) is 0 Å². The van der Waals surface area contributed by atoms with Crippen LogP contribution in [0.2, 0.25) is 0 Å². The van der Waals surface area contributed by atoms with Gasteiger partial charge in [0.15, 0.2) is 0 Å². The predicted octanol–water partition coefficient (Wildman–Crippen LogP) is 1.94. The molecule has 5 nitrogen and oxygen atoms in total. The minimum absolute atomic E-state index is 0.120. The van der Waals surface area contributed by atoms with Gasteiger partial charge in [-0.15, -0.1) is 0 Å². The van der Waals surface area contributed by atoms with Gasteiger partial charge in [-0.3, -0.25) is 9.48 Å². The van der Waals surface area contributed by atoms with E-state index in [9.17, 15) is 9.90 Å². The summed E-state index contributed by atoms with van der Waals surface area (Å²) >= 11 is 0. The molecule has 1 aromatic carbocycles. The molecule has 2 rings (SSSR count). The van der Waals surface area contributed by atoms with Crippen LogP contribution in [0.3, 0.4) is 0 Å². The van der Waals surface area contributed by atoms with Crippen molar-refractivity contribution in [3.05, 3.63) is 41.7 Å². The van der Waals surface area contributed by atoms with Crippen molar-refractivity contribution >= 4 is 11.6 Å². The van der Waals surface area contributed by atoms with E-state index in [0.29, 0.717) is 17.7 Å². The van der Waals surface area contributed by atoms with Crippen molar-refractivity contribution in [2.24, 2.45) is 7.05 Å². The van der Waals surface area contributed by atoms with Crippen LogP contribution >= 0.6 is 0 Å². The molecule has 94 valence electrons. The van der Waals surface area contributed by atoms with Crippen molar-refractivity contribution in [3.8, 4) is 5.75 Å². The fraction of sp³-hybridized carbons (Fsp3) is 0.231. The molecule has 18 heavy (non-hydrogen) atoms. The molecule has 0 saturated heterocycles. The SMILES string of the molecule is CCc1nn(C)cc1C(=O)Nc1cccc(O)c1. The summed E-state index contributed by atoms with van der Waals surface area (Å²) in [5.74, 6) is -0.0970. The molecule has 0 aliphatic carbocycles. The Kier molecular flexibility index (Phi) is 3.32. The first kappa shape index (κ1) is 12.2. The van der Waals surface area contributed by atoms with Crippen LogP contribution in [0.1, 0.15) is 23.0 Å². The summed E-state index contributed by atoms with van der Waals surface area (Å²) in [7, 11) is 1.78. The Balaban J connectivity index is 2.21. The highest BCUT2D eigenvalue weighted by Crippen LogP contribution is 2.17. The summed E-state index contributed by atoms with van der Waals surface area (Å²) in [5.41, 5.74) is 1.88. The topological polar surface area (TPSA) is 67.2 Å². The molecular weight excluding hydrogens is 230 g/mol. The van der Waals surface area contributed by atoms with Crippen LogP contribution in [0.5, 0.6) is 5.75 Å². The van der Waals surface area contributed by atoms with Gasteiger partial charge in [0.25, 0.3) is 5.91 Å². The third-order valence-electron chi connectivity index (χ3n) is 2.59. The molecule has 0 aliphatic heterocycles. The number of hydrogen-bond acceptors (Lipinski definition) is 3. The van der Waals surface area contributed by atoms with Crippen molar-refractivity contribution in [3.63, 3.8) is 0 Å². The molecule has 0 aliphatic rings. The molecule has 0 atom stereocenters. The standard InChI is InChI=1S/C13H15N3O2/c1-3-12-11(8-16(2)15-12)13(18)14-9-5-4-6-10(17)7-9/h4-8,17H,3H2,1-2H3,(H,14,18). The monoisotopic (exact) mass is 245 g/mol. The quantitative estimate of drug-likeness (QED) is 0.868. The maximum atomic E-state index is 12.1. The molecule has 0 radical (unpaired) electrons. The van der Waals surface area contributed by atoms with Gasteiger partial charge in [-0.25, -0.2) is 0 Å². The number of rotatable bonds is 3. The van der Waals surface area contributed by atoms with Crippen molar-refractivity contribution in [1.29, 1.82) is 0 Å². The summed E-state index contributed by atoms with van der Waals surface area (Å²) < 4.78 is 1.62. The number of aromatic nitrogens is 2. The number of phenols is 1. The van der Waals surface area contributed by atoms with Crippen molar-refractivity contribution in [2.75, 3.05) is 5.32 Å². The van der Waals surface area contributed by atoms with Crippen LogP contribution in [0, 0.1) is 0 Å². The maximum Gasteiger partial charge on any atom is 0.259 e. The number of aromatic hydroxyl groups is 1. The minimum atomic E-state index is -0.217. The number of benzene rings is 1. The Morgan fingerprint density at radius 1 is 1.50 bits per heavy atom. The molecule has 0 fully saturated rings. The van der Waals surface area contributed by atoms with Gasteiger partial charge in [-0.1, -0.05) is 13.0 Å². The molecule has 5 heteroatoms. The highest BCUT2D eigenvalue weighted by atomic mass is 16.3. The lowest BCUT2D eigenvalue weighted by molar-refractivity contribution is 0.102. The van der Waals surface area contributed by atoms with E-state index in [1.807, 2.05) is 6.92 Å². The lowest BCUT2D eigenvalue weighted by Gasteiger charge is -2.04. The highest BCUT2D eigenvalue weighted by molar-refractivity contribution is 6.05. The van der Waals surface area contributed by atoms with Crippen molar-refractivity contribution in [2.45, 2.75) is 13.3 Å². The van der Waals surface area contributed by atoms with Crippen molar-refractivity contribution < 1.29 is 9.90 Å². The Morgan fingerprint density at radius 2 is 2.28 bits per heavy atom. The van der Waals surface area contributed by atoms with E-state index in [1.54, 1.807) is 36.1 Å². The lowest BCUT2D eigenvalue weighted by Crippen LogP contribution is -2.12. The minimum Gasteiger partial charge on any atom is -0.508 e. The number of carbonyl (C=O) groups is 1. The normalized spacial score (nSPS) is 10.3. The summed E-state index contributed by atoms with van der Waals surface area (Å²) in [4.78, 5) is 12.1. The summed E-state index contributed by atoms with van der Waals surface area (Å²) in [5, 5.41) is 16.3. The van der Waals surface area contributed by atoms with Crippen LogP contribution < -0.4 is 5.32 Å². The van der Waals surface area contributed by atoms with Crippen molar-refractivity contribution in [1.82, 2.24) is 9.78 Å². The number of amides is 1. The van der Waals surface area contributed by atoms with Gasteiger partial charge < -0.3 is 10.4 Å². The average molecular weight is 245 g/mol. The molecule has 2 N–H and O–H groups in total. The first-order valence-corrected chi connectivity index (χ1v) is 5.73. The zero-order valence-electron chi connectivity index (χ0n) is 10.3. The highest BCUT2D eigenvalue weighted by Gasteiger charge is 2.14. The second-order valence-corrected chi connectivity index (χ2v) is 4.02. The van der Waals surface area contributed by atoms with Gasteiger partial charge in [0.05, 0.1) is 11.3 Å². The van der Waals surface area contributed by atoms with Crippen LogP contribution in [-0.4, -0.2) is 20.8 Å². The summed E-state index contributed by atoms with van der Waals surface area (Å²) in [6, 6.07) is 6.45. The second-order valence-electron chi connectivity index (χ2n) is 4.02. The first-order chi connectivity index (χ1) is 8.60. The van der Waals surface area contributed by atoms with Gasteiger partial charge in [-0.2, -0.15) is 5.10 Å².